The number of ether oxygens (including phenoxy) is 7. The van der Waals surface area contributed by atoms with Gasteiger partial charge >= 0.3 is 0 Å². The van der Waals surface area contributed by atoms with E-state index in [-0.39, 0.29) is 6.61 Å². The second-order valence-corrected chi connectivity index (χ2v) is 5.80. The second-order valence-electron chi connectivity index (χ2n) is 5.80. The molecule has 0 saturated carbocycles. The van der Waals surface area contributed by atoms with Gasteiger partial charge in [-0.3, -0.25) is 0 Å². The van der Waals surface area contributed by atoms with E-state index in [2.05, 4.69) is 0 Å². The summed E-state index contributed by atoms with van der Waals surface area (Å²) < 4.78 is 37.2. The normalized spacial score (nSPS) is 11.3. The molecule has 0 radical (unpaired) electrons. The molecule has 0 spiro atoms. The molecule has 0 saturated heterocycles. The van der Waals surface area contributed by atoms with Crippen molar-refractivity contribution in [2.24, 2.45) is 0 Å². The van der Waals surface area contributed by atoms with Gasteiger partial charge < -0.3 is 38.3 Å². The molecule has 0 rings (SSSR count). The number of aliphatic hydroxyl groups is 1. The number of rotatable bonds is 24. The van der Waals surface area contributed by atoms with Crippen LogP contribution < -0.4 is 0 Å². The molecule has 0 bridgehead atoms. The molecule has 27 heavy (non-hydrogen) atoms. The van der Waals surface area contributed by atoms with Crippen LogP contribution in [0.2, 0.25) is 0 Å². The van der Waals surface area contributed by atoms with Crippen LogP contribution in [0.5, 0.6) is 0 Å². The van der Waals surface area contributed by atoms with Crippen molar-refractivity contribution >= 4 is 0 Å². The minimum atomic E-state index is 0.281. The van der Waals surface area contributed by atoms with E-state index in [0.29, 0.717) is 79.3 Å². The van der Waals surface area contributed by atoms with Gasteiger partial charge in [-0.2, -0.15) is 0 Å². The maximum atomic E-state index is 8.66. The van der Waals surface area contributed by atoms with Crippen LogP contribution in [0.4, 0.5) is 0 Å². The van der Waals surface area contributed by atoms with Gasteiger partial charge in [-0.05, 0) is 12.8 Å². The van der Waals surface area contributed by atoms with E-state index in [0.717, 1.165) is 32.3 Å². The molecule has 0 aromatic carbocycles. The highest BCUT2D eigenvalue weighted by Gasteiger charge is 1.94. The standard InChI is InChI=1S/C19H40O8/c1-21-8-9-23-12-13-25-16-17-27-19-18-26-15-14-24-11-10-22-7-5-3-2-4-6-20/h20H,2-19H2,1H3. The Bertz CT molecular complexity index is 232. The van der Waals surface area contributed by atoms with Crippen LogP contribution in [0.3, 0.4) is 0 Å². The van der Waals surface area contributed by atoms with Gasteiger partial charge in [-0.25, -0.2) is 0 Å². The first-order valence-corrected chi connectivity index (χ1v) is 9.98. The molecule has 0 fully saturated rings. The van der Waals surface area contributed by atoms with Crippen molar-refractivity contribution in [2.45, 2.75) is 25.7 Å². The summed E-state index contributed by atoms with van der Waals surface area (Å²) in [5.74, 6) is 0. The van der Waals surface area contributed by atoms with Gasteiger partial charge in [-0.15, -0.1) is 0 Å². The summed E-state index contributed by atoms with van der Waals surface area (Å²) >= 11 is 0. The zero-order valence-corrected chi connectivity index (χ0v) is 17.0. The lowest BCUT2D eigenvalue weighted by molar-refractivity contribution is -0.0191. The predicted octanol–water partition coefficient (Wildman–Crippen LogP) is 1.29. The number of aliphatic hydroxyl groups excluding tert-OH is 1. The average molecular weight is 397 g/mol. The Morgan fingerprint density at radius 2 is 0.741 bits per heavy atom. The fourth-order valence-electron chi connectivity index (χ4n) is 2.01. The molecule has 0 amide bonds. The summed E-state index contributed by atoms with van der Waals surface area (Å²) in [4.78, 5) is 0. The van der Waals surface area contributed by atoms with Crippen LogP contribution in [0.15, 0.2) is 0 Å². The molecule has 0 aromatic rings. The van der Waals surface area contributed by atoms with Crippen molar-refractivity contribution in [1.82, 2.24) is 0 Å². The van der Waals surface area contributed by atoms with E-state index in [4.69, 9.17) is 38.3 Å². The Balaban J connectivity index is 2.95. The van der Waals surface area contributed by atoms with Gasteiger partial charge in [0.15, 0.2) is 0 Å². The summed E-state index contributed by atoms with van der Waals surface area (Å²) in [6.45, 7) is 7.89. The topological polar surface area (TPSA) is 84.8 Å². The first-order chi connectivity index (χ1) is 13.4. The highest BCUT2D eigenvalue weighted by molar-refractivity contribution is 4.42. The fraction of sp³-hybridized carbons (Fsp3) is 1.00. The predicted molar refractivity (Wildman–Crippen MR) is 102 cm³/mol. The number of hydrogen-bond donors (Lipinski definition) is 1. The lowest BCUT2D eigenvalue weighted by Gasteiger charge is -2.08. The van der Waals surface area contributed by atoms with Gasteiger partial charge in [0.05, 0.1) is 79.3 Å². The van der Waals surface area contributed by atoms with Crippen molar-refractivity contribution < 1.29 is 38.3 Å². The molecule has 0 unspecified atom stereocenters. The highest BCUT2D eigenvalue weighted by atomic mass is 16.6. The summed E-state index contributed by atoms with van der Waals surface area (Å²) in [5.41, 5.74) is 0. The van der Waals surface area contributed by atoms with E-state index in [1.165, 1.54) is 0 Å². The third kappa shape index (κ3) is 25.7. The van der Waals surface area contributed by atoms with Crippen molar-refractivity contribution in [3.8, 4) is 0 Å². The molecule has 0 aromatic heterocycles. The summed E-state index contributed by atoms with van der Waals surface area (Å²) in [6.07, 6.45) is 4.09. The van der Waals surface area contributed by atoms with E-state index in [1.807, 2.05) is 0 Å². The second kappa shape index (κ2) is 25.7. The van der Waals surface area contributed by atoms with Gasteiger partial charge in [0.2, 0.25) is 0 Å². The monoisotopic (exact) mass is 396 g/mol. The first kappa shape index (κ1) is 26.7. The Morgan fingerprint density at radius 1 is 0.407 bits per heavy atom. The van der Waals surface area contributed by atoms with Crippen LogP contribution in [-0.4, -0.2) is 105 Å². The van der Waals surface area contributed by atoms with E-state index >= 15 is 0 Å². The van der Waals surface area contributed by atoms with Crippen molar-refractivity contribution in [3.63, 3.8) is 0 Å². The molecule has 8 nitrogen and oxygen atoms in total. The minimum absolute atomic E-state index is 0.281. The van der Waals surface area contributed by atoms with Crippen LogP contribution in [0, 0.1) is 0 Å². The molecular formula is C19H40O8. The van der Waals surface area contributed by atoms with Crippen molar-refractivity contribution in [3.05, 3.63) is 0 Å². The van der Waals surface area contributed by atoms with Crippen LogP contribution in [0.25, 0.3) is 0 Å². The maximum absolute atomic E-state index is 8.66. The zero-order valence-electron chi connectivity index (χ0n) is 17.0. The number of unbranched alkanes of at least 4 members (excludes halogenated alkanes) is 3. The zero-order chi connectivity index (χ0) is 19.7. The van der Waals surface area contributed by atoms with E-state index in [1.54, 1.807) is 7.11 Å². The van der Waals surface area contributed by atoms with Crippen LogP contribution in [-0.2, 0) is 33.2 Å². The smallest absolute Gasteiger partial charge is 0.0701 e. The Morgan fingerprint density at radius 3 is 1.11 bits per heavy atom. The summed E-state index contributed by atoms with van der Waals surface area (Å²) in [5, 5.41) is 8.66. The number of hydrogen-bond acceptors (Lipinski definition) is 8. The van der Waals surface area contributed by atoms with Gasteiger partial charge in [0.25, 0.3) is 0 Å². The van der Waals surface area contributed by atoms with Crippen molar-refractivity contribution in [1.29, 1.82) is 0 Å². The average Bonchev–Trinajstić information content (AvgIpc) is 2.68. The Hall–Kier alpha value is -0.320. The van der Waals surface area contributed by atoms with Crippen LogP contribution in [0.1, 0.15) is 25.7 Å². The first-order valence-electron chi connectivity index (χ1n) is 9.98. The summed E-state index contributed by atoms with van der Waals surface area (Å²) in [6, 6.07) is 0. The lowest BCUT2D eigenvalue weighted by atomic mass is 10.2. The van der Waals surface area contributed by atoms with Gasteiger partial charge in [-0.1, -0.05) is 12.8 Å². The minimum Gasteiger partial charge on any atom is -0.396 e. The van der Waals surface area contributed by atoms with Crippen LogP contribution >= 0.6 is 0 Å². The number of methoxy groups -OCH3 is 1. The molecule has 0 aliphatic carbocycles. The molecule has 0 aliphatic heterocycles. The summed E-state index contributed by atoms with van der Waals surface area (Å²) in [7, 11) is 1.65. The van der Waals surface area contributed by atoms with E-state index in [9.17, 15) is 0 Å². The quantitative estimate of drug-likeness (QED) is 0.244. The molecular weight excluding hydrogens is 356 g/mol. The lowest BCUT2D eigenvalue weighted by Crippen LogP contribution is -2.14. The molecule has 164 valence electrons. The highest BCUT2D eigenvalue weighted by Crippen LogP contribution is 1.99. The molecule has 1 N–H and O–H groups in total. The third-order valence-corrected chi connectivity index (χ3v) is 3.49. The third-order valence-electron chi connectivity index (χ3n) is 3.49. The van der Waals surface area contributed by atoms with Gasteiger partial charge in [0, 0.05) is 20.3 Å². The van der Waals surface area contributed by atoms with Gasteiger partial charge in [0.1, 0.15) is 0 Å². The molecule has 0 atom stereocenters. The SMILES string of the molecule is COCCOCCOCCOCCOCCOCCOCCCCCCO. The Labute approximate surface area is 164 Å². The molecule has 0 aliphatic rings. The largest absolute Gasteiger partial charge is 0.396 e. The molecule has 8 heteroatoms. The van der Waals surface area contributed by atoms with E-state index < -0.39 is 0 Å². The fourth-order valence-corrected chi connectivity index (χ4v) is 2.01. The van der Waals surface area contributed by atoms with Crippen molar-refractivity contribution in [2.75, 3.05) is 99.6 Å². The Kier molecular flexibility index (Phi) is 25.4. The maximum Gasteiger partial charge on any atom is 0.0701 e. The molecule has 0 heterocycles.